The summed E-state index contributed by atoms with van der Waals surface area (Å²) in [5.41, 5.74) is 5.43. The van der Waals surface area contributed by atoms with Crippen LogP contribution < -0.4 is 11.1 Å². The SMILES string of the molecule is COCCCCNC(C)CN. The van der Waals surface area contributed by atoms with Crippen LogP contribution in [0.4, 0.5) is 0 Å². The number of nitrogens with two attached hydrogens (primary N) is 1. The summed E-state index contributed by atoms with van der Waals surface area (Å²) in [6, 6.07) is 0.442. The molecule has 0 aromatic rings. The molecule has 0 aliphatic rings. The molecule has 3 nitrogen and oxygen atoms in total. The second-order valence-corrected chi connectivity index (χ2v) is 2.79. The number of nitrogens with one attached hydrogen (secondary N) is 1. The Morgan fingerprint density at radius 1 is 1.45 bits per heavy atom. The fraction of sp³-hybridized carbons (Fsp3) is 1.00. The molecule has 0 aromatic carbocycles. The molecular weight excluding hydrogens is 140 g/mol. The van der Waals surface area contributed by atoms with Gasteiger partial charge in [0.2, 0.25) is 0 Å². The summed E-state index contributed by atoms with van der Waals surface area (Å²) in [5.74, 6) is 0. The zero-order valence-electron chi connectivity index (χ0n) is 7.60. The first-order valence-corrected chi connectivity index (χ1v) is 4.23. The van der Waals surface area contributed by atoms with Gasteiger partial charge in [0.25, 0.3) is 0 Å². The molecule has 0 bridgehead atoms. The van der Waals surface area contributed by atoms with Gasteiger partial charge in [-0.15, -0.1) is 0 Å². The van der Waals surface area contributed by atoms with E-state index in [1.165, 1.54) is 0 Å². The maximum atomic E-state index is 5.43. The van der Waals surface area contributed by atoms with Crippen LogP contribution in [0.2, 0.25) is 0 Å². The van der Waals surface area contributed by atoms with Crippen molar-refractivity contribution in [1.82, 2.24) is 5.32 Å². The Balaban J connectivity index is 2.89. The van der Waals surface area contributed by atoms with E-state index in [4.69, 9.17) is 10.5 Å². The molecule has 1 atom stereocenters. The first-order chi connectivity index (χ1) is 5.31. The molecule has 0 spiro atoms. The summed E-state index contributed by atoms with van der Waals surface area (Å²) in [4.78, 5) is 0. The third-order valence-corrected chi connectivity index (χ3v) is 1.62. The van der Waals surface area contributed by atoms with Crippen molar-refractivity contribution < 1.29 is 4.74 Å². The van der Waals surface area contributed by atoms with E-state index in [9.17, 15) is 0 Å². The molecule has 0 aromatic heterocycles. The number of hydrogen-bond donors (Lipinski definition) is 2. The highest BCUT2D eigenvalue weighted by atomic mass is 16.5. The second-order valence-electron chi connectivity index (χ2n) is 2.79. The number of ether oxygens (including phenoxy) is 1. The lowest BCUT2D eigenvalue weighted by Crippen LogP contribution is -2.33. The molecule has 0 rings (SSSR count). The molecule has 0 saturated carbocycles. The summed E-state index contributed by atoms with van der Waals surface area (Å²) >= 11 is 0. The number of methoxy groups -OCH3 is 1. The van der Waals surface area contributed by atoms with Gasteiger partial charge in [0.1, 0.15) is 0 Å². The highest BCUT2D eigenvalue weighted by molar-refractivity contribution is 4.59. The standard InChI is InChI=1S/C8H20N2O/c1-8(7-9)10-5-3-4-6-11-2/h8,10H,3-7,9H2,1-2H3. The van der Waals surface area contributed by atoms with Gasteiger partial charge in [-0.2, -0.15) is 0 Å². The average molecular weight is 160 g/mol. The molecule has 0 saturated heterocycles. The summed E-state index contributed by atoms with van der Waals surface area (Å²) < 4.78 is 4.92. The van der Waals surface area contributed by atoms with Crippen LogP contribution in [0.1, 0.15) is 19.8 Å². The van der Waals surface area contributed by atoms with Crippen molar-refractivity contribution in [3.63, 3.8) is 0 Å². The van der Waals surface area contributed by atoms with Crippen LogP contribution in [-0.2, 0) is 4.74 Å². The van der Waals surface area contributed by atoms with Crippen LogP contribution in [-0.4, -0.2) is 32.8 Å². The van der Waals surface area contributed by atoms with Crippen molar-refractivity contribution in [3.05, 3.63) is 0 Å². The Morgan fingerprint density at radius 2 is 2.18 bits per heavy atom. The second kappa shape index (κ2) is 7.98. The van der Waals surface area contributed by atoms with E-state index in [2.05, 4.69) is 12.2 Å². The summed E-state index contributed by atoms with van der Waals surface area (Å²) in [7, 11) is 1.73. The van der Waals surface area contributed by atoms with Crippen molar-refractivity contribution >= 4 is 0 Å². The number of hydrogen-bond acceptors (Lipinski definition) is 3. The molecule has 0 fully saturated rings. The molecule has 0 amide bonds. The smallest absolute Gasteiger partial charge is 0.0462 e. The molecule has 0 radical (unpaired) electrons. The topological polar surface area (TPSA) is 47.3 Å². The zero-order chi connectivity index (χ0) is 8.53. The maximum Gasteiger partial charge on any atom is 0.0462 e. The van der Waals surface area contributed by atoms with Gasteiger partial charge in [0.05, 0.1) is 0 Å². The lowest BCUT2D eigenvalue weighted by molar-refractivity contribution is 0.192. The van der Waals surface area contributed by atoms with E-state index in [-0.39, 0.29) is 0 Å². The monoisotopic (exact) mass is 160 g/mol. The molecular formula is C8H20N2O. The van der Waals surface area contributed by atoms with E-state index >= 15 is 0 Å². The largest absolute Gasteiger partial charge is 0.385 e. The van der Waals surface area contributed by atoms with E-state index in [0.717, 1.165) is 26.0 Å². The minimum Gasteiger partial charge on any atom is -0.385 e. The van der Waals surface area contributed by atoms with Crippen molar-refractivity contribution in [1.29, 1.82) is 0 Å². The fourth-order valence-electron chi connectivity index (χ4n) is 0.803. The first-order valence-electron chi connectivity index (χ1n) is 4.23. The minimum atomic E-state index is 0.442. The van der Waals surface area contributed by atoms with Crippen LogP contribution in [0.3, 0.4) is 0 Å². The highest BCUT2D eigenvalue weighted by Gasteiger charge is 1.95. The zero-order valence-corrected chi connectivity index (χ0v) is 7.60. The Bertz CT molecular complexity index is 78.5. The summed E-state index contributed by atoms with van der Waals surface area (Å²) in [6.45, 7) is 4.71. The van der Waals surface area contributed by atoms with Crippen LogP contribution in [0.25, 0.3) is 0 Å². The molecule has 11 heavy (non-hydrogen) atoms. The first kappa shape index (κ1) is 10.9. The van der Waals surface area contributed by atoms with Gasteiger partial charge in [-0.3, -0.25) is 0 Å². The van der Waals surface area contributed by atoms with Crippen LogP contribution in [0.5, 0.6) is 0 Å². The van der Waals surface area contributed by atoms with Gasteiger partial charge in [-0.25, -0.2) is 0 Å². The Labute approximate surface area is 69.3 Å². The van der Waals surface area contributed by atoms with E-state index < -0.39 is 0 Å². The maximum absolute atomic E-state index is 5.43. The highest BCUT2D eigenvalue weighted by Crippen LogP contribution is 1.87. The number of rotatable bonds is 7. The third kappa shape index (κ3) is 7.78. The summed E-state index contributed by atoms with van der Waals surface area (Å²) in [6.07, 6.45) is 2.29. The molecule has 68 valence electrons. The quantitative estimate of drug-likeness (QED) is 0.528. The normalized spacial score (nSPS) is 13.4. The summed E-state index contributed by atoms with van der Waals surface area (Å²) in [5, 5.41) is 3.31. The molecule has 3 heteroatoms. The Hall–Kier alpha value is -0.120. The third-order valence-electron chi connectivity index (χ3n) is 1.62. The Kier molecular flexibility index (Phi) is 7.89. The van der Waals surface area contributed by atoms with Crippen molar-refractivity contribution in [2.45, 2.75) is 25.8 Å². The van der Waals surface area contributed by atoms with Crippen molar-refractivity contribution in [2.75, 3.05) is 26.8 Å². The van der Waals surface area contributed by atoms with Gasteiger partial charge < -0.3 is 15.8 Å². The molecule has 0 aliphatic carbocycles. The lowest BCUT2D eigenvalue weighted by Gasteiger charge is -2.10. The van der Waals surface area contributed by atoms with Gasteiger partial charge in [0, 0.05) is 26.3 Å². The predicted molar refractivity (Wildman–Crippen MR) is 47.6 cm³/mol. The van der Waals surface area contributed by atoms with Crippen LogP contribution in [0.15, 0.2) is 0 Å². The van der Waals surface area contributed by atoms with Crippen molar-refractivity contribution in [3.8, 4) is 0 Å². The van der Waals surface area contributed by atoms with Crippen molar-refractivity contribution in [2.24, 2.45) is 5.73 Å². The molecule has 3 N–H and O–H groups in total. The van der Waals surface area contributed by atoms with Crippen LogP contribution in [0, 0.1) is 0 Å². The minimum absolute atomic E-state index is 0.442. The van der Waals surface area contributed by atoms with E-state index in [0.29, 0.717) is 12.6 Å². The van der Waals surface area contributed by atoms with Gasteiger partial charge >= 0.3 is 0 Å². The van der Waals surface area contributed by atoms with Gasteiger partial charge in [0.15, 0.2) is 0 Å². The average Bonchev–Trinajstić information content (AvgIpc) is 2.04. The Morgan fingerprint density at radius 3 is 2.73 bits per heavy atom. The van der Waals surface area contributed by atoms with Gasteiger partial charge in [-0.05, 0) is 26.3 Å². The van der Waals surface area contributed by atoms with E-state index in [1.807, 2.05) is 0 Å². The van der Waals surface area contributed by atoms with Crippen LogP contribution >= 0.6 is 0 Å². The molecule has 1 unspecified atom stereocenters. The lowest BCUT2D eigenvalue weighted by atomic mass is 10.3. The van der Waals surface area contributed by atoms with E-state index in [1.54, 1.807) is 7.11 Å². The predicted octanol–water partition coefficient (Wildman–Crippen LogP) is 0.350. The van der Waals surface area contributed by atoms with Gasteiger partial charge in [-0.1, -0.05) is 0 Å². The fourth-order valence-corrected chi connectivity index (χ4v) is 0.803. The molecule has 0 heterocycles. The molecule has 0 aliphatic heterocycles. The number of unbranched alkanes of at least 4 members (excludes halogenated alkanes) is 1.